The van der Waals surface area contributed by atoms with Gasteiger partial charge in [0.05, 0.1) is 36.4 Å². The highest BCUT2D eigenvalue weighted by Crippen LogP contribution is 2.29. The highest BCUT2D eigenvalue weighted by atomic mass is 35.5. The molecule has 0 atom stereocenters. The zero-order valence-corrected chi connectivity index (χ0v) is 19.3. The second kappa shape index (κ2) is 9.76. The van der Waals surface area contributed by atoms with E-state index in [4.69, 9.17) is 21.1 Å². The van der Waals surface area contributed by atoms with E-state index >= 15 is 0 Å². The Morgan fingerprint density at radius 1 is 1.03 bits per heavy atom. The summed E-state index contributed by atoms with van der Waals surface area (Å²) >= 11 is 6.06. The van der Waals surface area contributed by atoms with Crippen LogP contribution >= 0.6 is 11.6 Å². The van der Waals surface area contributed by atoms with Gasteiger partial charge in [0.25, 0.3) is 0 Å². The number of methoxy groups -OCH3 is 2. The second-order valence-corrected chi connectivity index (χ2v) is 9.55. The molecule has 0 saturated carbocycles. The summed E-state index contributed by atoms with van der Waals surface area (Å²) in [6.07, 6.45) is 0. The molecule has 168 valence electrons. The summed E-state index contributed by atoms with van der Waals surface area (Å²) in [4.78, 5) is 16.6. The number of likely N-dealkylation sites (N-methyl/N-ethyl adjacent to an activating group) is 1. The first-order valence-corrected chi connectivity index (χ1v) is 11.6. The van der Waals surface area contributed by atoms with Crippen molar-refractivity contribution in [3.05, 3.63) is 47.5 Å². The van der Waals surface area contributed by atoms with Gasteiger partial charge in [-0.3, -0.25) is 4.79 Å². The van der Waals surface area contributed by atoms with Crippen molar-refractivity contribution in [2.45, 2.75) is 4.90 Å². The lowest BCUT2D eigenvalue weighted by molar-refractivity contribution is -0.131. The molecule has 0 N–H and O–H groups in total. The van der Waals surface area contributed by atoms with Gasteiger partial charge in [-0.15, -0.1) is 0 Å². The number of anilines is 1. The largest absolute Gasteiger partial charge is 0.495 e. The molecule has 0 aromatic heterocycles. The number of amides is 1. The maximum Gasteiger partial charge on any atom is 0.243 e. The standard InChI is InChI=1S/C21H26ClN3O5S/c1-23(31(27,28)16-8-9-19(29-2)17(22)14-16)15-21(26)25-12-10-24(11-13-25)18-6-4-5-7-20(18)30-3/h4-9,14H,10-13,15H2,1-3H3. The van der Waals surface area contributed by atoms with E-state index in [2.05, 4.69) is 4.90 Å². The first-order valence-electron chi connectivity index (χ1n) is 9.73. The number of halogens is 1. The van der Waals surface area contributed by atoms with E-state index in [0.717, 1.165) is 15.7 Å². The van der Waals surface area contributed by atoms with Crippen LogP contribution in [0.1, 0.15) is 0 Å². The van der Waals surface area contributed by atoms with E-state index in [1.807, 2.05) is 24.3 Å². The van der Waals surface area contributed by atoms with Crippen molar-refractivity contribution in [1.82, 2.24) is 9.21 Å². The predicted molar refractivity (Wildman–Crippen MR) is 120 cm³/mol. The number of benzene rings is 2. The zero-order valence-electron chi connectivity index (χ0n) is 17.7. The van der Waals surface area contributed by atoms with Gasteiger partial charge in [-0.25, -0.2) is 8.42 Å². The topological polar surface area (TPSA) is 79.4 Å². The first kappa shape index (κ1) is 23.2. The minimum absolute atomic E-state index is 0.00888. The van der Waals surface area contributed by atoms with E-state index in [1.54, 1.807) is 12.0 Å². The summed E-state index contributed by atoms with van der Waals surface area (Å²) in [6.45, 7) is 2.02. The Kier molecular flexibility index (Phi) is 7.30. The fourth-order valence-corrected chi connectivity index (χ4v) is 4.92. The Labute approximate surface area is 187 Å². The predicted octanol–water partition coefficient (Wildman–Crippen LogP) is 2.33. The molecule has 0 spiro atoms. The van der Waals surface area contributed by atoms with Gasteiger partial charge in [-0.05, 0) is 30.3 Å². The number of piperazine rings is 1. The smallest absolute Gasteiger partial charge is 0.243 e. The van der Waals surface area contributed by atoms with Crippen LogP contribution in [0.15, 0.2) is 47.4 Å². The van der Waals surface area contributed by atoms with Crippen LogP contribution in [-0.4, -0.2) is 77.5 Å². The zero-order chi connectivity index (χ0) is 22.6. The Balaban J connectivity index is 1.62. The molecule has 10 heteroatoms. The number of hydrogen-bond acceptors (Lipinski definition) is 6. The van der Waals surface area contributed by atoms with E-state index in [1.165, 1.54) is 32.4 Å². The van der Waals surface area contributed by atoms with Crippen molar-refractivity contribution < 1.29 is 22.7 Å². The Bertz CT molecular complexity index is 1040. The van der Waals surface area contributed by atoms with Gasteiger partial charge in [0.2, 0.25) is 15.9 Å². The normalized spacial score (nSPS) is 14.6. The van der Waals surface area contributed by atoms with E-state index in [-0.39, 0.29) is 22.4 Å². The van der Waals surface area contributed by atoms with Crippen LogP contribution in [0.25, 0.3) is 0 Å². The van der Waals surface area contributed by atoms with E-state index < -0.39 is 10.0 Å². The van der Waals surface area contributed by atoms with Crippen LogP contribution in [0.5, 0.6) is 11.5 Å². The van der Waals surface area contributed by atoms with Crippen LogP contribution < -0.4 is 14.4 Å². The number of carbonyl (C=O) groups excluding carboxylic acids is 1. The van der Waals surface area contributed by atoms with Crippen LogP contribution in [0.3, 0.4) is 0 Å². The molecule has 0 radical (unpaired) electrons. The fourth-order valence-electron chi connectivity index (χ4n) is 3.45. The van der Waals surface area contributed by atoms with Crippen molar-refractivity contribution in [3.63, 3.8) is 0 Å². The molecule has 1 amide bonds. The lowest BCUT2D eigenvalue weighted by Crippen LogP contribution is -2.51. The van der Waals surface area contributed by atoms with Gasteiger partial charge < -0.3 is 19.3 Å². The summed E-state index contributed by atoms with van der Waals surface area (Å²) in [5.41, 5.74) is 0.980. The molecule has 1 heterocycles. The van der Waals surface area contributed by atoms with Crippen molar-refractivity contribution in [2.75, 3.05) is 58.9 Å². The van der Waals surface area contributed by atoms with E-state index in [9.17, 15) is 13.2 Å². The maximum atomic E-state index is 12.8. The van der Waals surface area contributed by atoms with Gasteiger partial charge in [-0.2, -0.15) is 4.31 Å². The molecule has 0 bridgehead atoms. The average Bonchev–Trinajstić information content (AvgIpc) is 2.78. The summed E-state index contributed by atoms with van der Waals surface area (Å²) < 4.78 is 37.2. The van der Waals surface area contributed by atoms with E-state index in [0.29, 0.717) is 31.9 Å². The summed E-state index contributed by atoms with van der Waals surface area (Å²) in [7, 11) is 0.603. The number of hydrogen-bond donors (Lipinski definition) is 0. The number of para-hydroxylation sites is 2. The fraction of sp³-hybridized carbons (Fsp3) is 0.381. The number of nitrogens with zero attached hydrogens (tertiary/aromatic N) is 3. The summed E-state index contributed by atoms with van der Waals surface area (Å²) in [5, 5.41) is 0.191. The Morgan fingerprint density at radius 3 is 2.29 bits per heavy atom. The molecule has 1 aliphatic rings. The molecular weight excluding hydrogens is 442 g/mol. The number of ether oxygens (including phenoxy) is 2. The minimum atomic E-state index is -3.86. The molecule has 1 aliphatic heterocycles. The number of sulfonamides is 1. The highest BCUT2D eigenvalue weighted by Gasteiger charge is 2.28. The third kappa shape index (κ3) is 5.06. The third-order valence-corrected chi connectivity index (χ3v) is 7.34. The van der Waals surface area contributed by atoms with Gasteiger partial charge in [0.1, 0.15) is 11.5 Å². The van der Waals surface area contributed by atoms with Crippen molar-refractivity contribution >= 4 is 33.2 Å². The van der Waals surface area contributed by atoms with Crippen LogP contribution in [0, 0.1) is 0 Å². The molecule has 1 saturated heterocycles. The quantitative estimate of drug-likeness (QED) is 0.621. The van der Waals surface area contributed by atoms with Crippen molar-refractivity contribution in [2.24, 2.45) is 0 Å². The third-order valence-electron chi connectivity index (χ3n) is 5.25. The van der Waals surface area contributed by atoms with Gasteiger partial charge in [0, 0.05) is 33.2 Å². The molecule has 2 aromatic rings. The summed E-state index contributed by atoms with van der Waals surface area (Å²) in [6, 6.07) is 12.0. The summed E-state index contributed by atoms with van der Waals surface area (Å²) in [5.74, 6) is 0.920. The lowest BCUT2D eigenvalue weighted by atomic mass is 10.2. The second-order valence-electron chi connectivity index (χ2n) is 7.10. The number of rotatable bonds is 7. The van der Waals surface area contributed by atoms with Crippen molar-refractivity contribution in [1.29, 1.82) is 0 Å². The van der Waals surface area contributed by atoms with Crippen LogP contribution in [0.2, 0.25) is 5.02 Å². The molecule has 3 rings (SSSR count). The van der Waals surface area contributed by atoms with Gasteiger partial charge in [-0.1, -0.05) is 23.7 Å². The molecule has 0 unspecified atom stereocenters. The monoisotopic (exact) mass is 467 g/mol. The molecule has 0 aliphatic carbocycles. The lowest BCUT2D eigenvalue weighted by Gasteiger charge is -2.37. The highest BCUT2D eigenvalue weighted by molar-refractivity contribution is 7.89. The molecule has 8 nitrogen and oxygen atoms in total. The average molecular weight is 468 g/mol. The number of carbonyl (C=O) groups is 1. The Hall–Kier alpha value is -2.49. The maximum absolute atomic E-state index is 12.8. The minimum Gasteiger partial charge on any atom is -0.495 e. The SMILES string of the molecule is COc1ccc(S(=O)(=O)N(C)CC(=O)N2CCN(c3ccccc3OC)CC2)cc1Cl. The molecule has 31 heavy (non-hydrogen) atoms. The van der Waals surface area contributed by atoms with Gasteiger partial charge >= 0.3 is 0 Å². The molecular formula is C21H26ClN3O5S. The molecule has 1 fully saturated rings. The van der Waals surface area contributed by atoms with Crippen LogP contribution in [0.4, 0.5) is 5.69 Å². The van der Waals surface area contributed by atoms with Crippen molar-refractivity contribution in [3.8, 4) is 11.5 Å². The van der Waals surface area contributed by atoms with Gasteiger partial charge in [0.15, 0.2) is 0 Å². The molecule has 2 aromatic carbocycles. The van der Waals surface area contributed by atoms with Crippen LogP contribution in [-0.2, 0) is 14.8 Å². The Morgan fingerprint density at radius 2 is 1.68 bits per heavy atom. The first-order chi connectivity index (χ1) is 14.8.